The minimum atomic E-state index is -4.71. The molecular formula is C13H10Cl2F3NO3. The maximum atomic E-state index is 12.9. The molecule has 1 aliphatic rings. The number of aliphatic carboxylic acids is 1. The first-order valence-corrected chi connectivity index (χ1v) is 6.91. The molecule has 1 aromatic carbocycles. The van der Waals surface area contributed by atoms with Gasteiger partial charge in [0.05, 0.1) is 27.4 Å². The molecule has 0 unspecified atom stereocenters. The second-order valence-corrected chi connectivity index (χ2v) is 5.71. The number of hydrogen-bond donors (Lipinski definition) is 1. The van der Waals surface area contributed by atoms with Gasteiger partial charge in [-0.05, 0) is 12.1 Å². The summed E-state index contributed by atoms with van der Waals surface area (Å²) < 4.78 is 38.7. The van der Waals surface area contributed by atoms with Crippen molar-refractivity contribution in [1.82, 2.24) is 4.90 Å². The third kappa shape index (κ3) is 3.15. The quantitative estimate of drug-likeness (QED) is 0.885. The monoisotopic (exact) mass is 355 g/mol. The van der Waals surface area contributed by atoms with E-state index in [1.807, 2.05) is 0 Å². The number of rotatable bonds is 2. The van der Waals surface area contributed by atoms with Crippen LogP contribution < -0.4 is 0 Å². The summed E-state index contributed by atoms with van der Waals surface area (Å²) in [6.07, 6.45) is -4.71. The van der Waals surface area contributed by atoms with E-state index in [9.17, 15) is 22.8 Å². The van der Waals surface area contributed by atoms with Crippen LogP contribution in [-0.4, -0.2) is 41.1 Å². The van der Waals surface area contributed by atoms with Crippen LogP contribution in [0.5, 0.6) is 0 Å². The van der Waals surface area contributed by atoms with Crippen molar-refractivity contribution in [3.8, 4) is 0 Å². The van der Waals surface area contributed by atoms with Gasteiger partial charge in [0, 0.05) is 13.1 Å². The van der Waals surface area contributed by atoms with E-state index in [4.69, 9.17) is 28.3 Å². The lowest BCUT2D eigenvalue weighted by Gasteiger charge is -2.19. The van der Waals surface area contributed by atoms with Crippen LogP contribution in [0.1, 0.15) is 10.4 Å². The fourth-order valence-corrected chi connectivity index (χ4v) is 2.97. The van der Waals surface area contributed by atoms with Crippen molar-refractivity contribution in [2.45, 2.75) is 6.18 Å². The summed E-state index contributed by atoms with van der Waals surface area (Å²) in [5.41, 5.74) is -0.127. The summed E-state index contributed by atoms with van der Waals surface area (Å²) in [5, 5.41) is 8.94. The second-order valence-electron chi connectivity index (χ2n) is 4.90. The van der Waals surface area contributed by atoms with E-state index < -0.39 is 43.0 Å². The number of halogens is 5. The van der Waals surface area contributed by atoms with Crippen molar-refractivity contribution in [3.63, 3.8) is 0 Å². The topological polar surface area (TPSA) is 57.6 Å². The number of carboxylic acid groups (broad SMARTS) is 1. The van der Waals surface area contributed by atoms with Crippen LogP contribution in [0.4, 0.5) is 13.2 Å². The Morgan fingerprint density at radius 1 is 1.18 bits per heavy atom. The molecular weight excluding hydrogens is 346 g/mol. The Hall–Kier alpha value is -1.47. The number of carbonyl (C=O) groups is 2. The number of likely N-dealkylation sites (tertiary alicyclic amines) is 1. The average Bonchev–Trinajstić information content (AvgIpc) is 2.83. The fraction of sp³-hybridized carbons (Fsp3) is 0.385. The molecule has 1 heterocycles. The first kappa shape index (κ1) is 16.9. The van der Waals surface area contributed by atoms with Crippen molar-refractivity contribution in [3.05, 3.63) is 33.8 Å². The number of amides is 1. The molecule has 0 aromatic heterocycles. The van der Waals surface area contributed by atoms with Gasteiger partial charge in [0.2, 0.25) is 0 Å². The summed E-state index contributed by atoms with van der Waals surface area (Å²) >= 11 is 11.7. The van der Waals surface area contributed by atoms with Gasteiger partial charge in [-0.2, -0.15) is 13.2 Å². The highest BCUT2D eigenvalue weighted by molar-refractivity contribution is 6.39. The summed E-state index contributed by atoms with van der Waals surface area (Å²) in [6, 6.07) is 4.25. The third-order valence-corrected chi connectivity index (χ3v) is 4.15. The van der Waals surface area contributed by atoms with E-state index in [-0.39, 0.29) is 15.6 Å². The van der Waals surface area contributed by atoms with Crippen LogP contribution in [0.2, 0.25) is 10.0 Å². The van der Waals surface area contributed by atoms with Crippen molar-refractivity contribution in [2.24, 2.45) is 11.8 Å². The van der Waals surface area contributed by atoms with Gasteiger partial charge in [0.1, 0.15) is 0 Å². The lowest BCUT2D eigenvalue weighted by Crippen LogP contribution is -2.34. The molecule has 0 bridgehead atoms. The number of carbonyl (C=O) groups excluding carboxylic acids is 1. The highest BCUT2D eigenvalue weighted by Gasteiger charge is 2.53. The van der Waals surface area contributed by atoms with E-state index in [0.717, 1.165) is 4.90 Å². The van der Waals surface area contributed by atoms with Gasteiger partial charge in [0.25, 0.3) is 5.91 Å². The number of nitrogens with zero attached hydrogens (tertiary/aromatic N) is 1. The van der Waals surface area contributed by atoms with E-state index in [1.165, 1.54) is 18.2 Å². The van der Waals surface area contributed by atoms with Gasteiger partial charge in [-0.15, -0.1) is 0 Å². The molecule has 22 heavy (non-hydrogen) atoms. The Morgan fingerprint density at radius 3 is 2.14 bits per heavy atom. The maximum absolute atomic E-state index is 12.9. The molecule has 1 saturated heterocycles. The highest BCUT2D eigenvalue weighted by Crippen LogP contribution is 2.39. The van der Waals surface area contributed by atoms with Crippen molar-refractivity contribution < 1.29 is 27.9 Å². The van der Waals surface area contributed by atoms with Gasteiger partial charge in [-0.1, -0.05) is 29.3 Å². The number of alkyl halides is 3. The zero-order valence-corrected chi connectivity index (χ0v) is 12.4. The minimum Gasteiger partial charge on any atom is -0.481 e. The molecule has 9 heteroatoms. The molecule has 1 aliphatic heterocycles. The Bertz CT molecular complexity index is 601. The first-order chi connectivity index (χ1) is 10.1. The molecule has 2 rings (SSSR count). The molecule has 120 valence electrons. The molecule has 0 aliphatic carbocycles. The summed E-state index contributed by atoms with van der Waals surface area (Å²) in [5.74, 6) is -6.23. The van der Waals surface area contributed by atoms with Crippen LogP contribution in [0, 0.1) is 11.8 Å². The van der Waals surface area contributed by atoms with E-state index in [2.05, 4.69) is 0 Å². The van der Waals surface area contributed by atoms with Gasteiger partial charge in [-0.25, -0.2) is 0 Å². The Balaban J connectivity index is 2.31. The third-order valence-electron chi connectivity index (χ3n) is 3.52. The van der Waals surface area contributed by atoms with E-state index >= 15 is 0 Å². The molecule has 4 nitrogen and oxygen atoms in total. The van der Waals surface area contributed by atoms with Crippen LogP contribution in [0.15, 0.2) is 18.2 Å². The van der Waals surface area contributed by atoms with Crippen molar-refractivity contribution >= 4 is 35.1 Å². The molecule has 1 fully saturated rings. The van der Waals surface area contributed by atoms with Gasteiger partial charge in [-0.3, -0.25) is 9.59 Å². The zero-order chi connectivity index (χ0) is 16.7. The van der Waals surface area contributed by atoms with Crippen LogP contribution in [-0.2, 0) is 4.79 Å². The maximum Gasteiger partial charge on any atom is 0.394 e. The second kappa shape index (κ2) is 5.96. The lowest BCUT2D eigenvalue weighted by molar-refractivity contribution is -0.187. The van der Waals surface area contributed by atoms with E-state index in [0.29, 0.717) is 0 Å². The fourth-order valence-electron chi connectivity index (χ4n) is 2.41. The predicted molar refractivity (Wildman–Crippen MR) is 73.0 cm³/mol. The molecule has 0 radical (unpaired) electrons. The van der Waals surface area contributed by atoms with Crippen molar-refractivity contribution in [1.29, 1.82) is 0 Å². The lowest BCUT2D eigenvalue weighted by atomic mass is 9.96. The highest BCUT2D eigenvalue weighted by atomic mass is 35.5. The largest absolute Gasteiger partial charge is 0.481 e. The Labute approximate surface area is 133 Å². The summed E-state index contributed by atoms with van der Waals surface area (Å²) in [6.45, 7) is -1.28. The van der Waals surface area contributed by atoms with Crippen LogP contribution in [0.25, 0.3) is 0 Å². The SMILES string of the molecule is O=C(O)[C@@H]1CN(C(=O)c2c(Cl)cccc2Cl)C[C@H]1C(F)(F)F. The predicted octanol–water partition coefficient (Wildman–Crippen LogP) is 3.33. The molecule has 0 saturated carbocycles. The molecule has 0 spiro atoms. The standard InChI is InChI=1S/C13H10Cl2F3NO3/c14-8-2-1-3-9(15)10(8)11(20)19-4-6(12(21)22)7(5-19)13(16,17)18/h1-3,6-7H,4-5H2,(H,21,22)/t6-,7-/m1/s1. The zero-order valence-electron chi connectivity index (χ0n) is 10.9. The van der Waals surface area contributed by atoms with Gasteiger partial charge in [0.15, 0.2) is 0 Å². The molecule has 1 N–H and O–H groups in total. The Morgan fingerprint density at radius 2 is 1.73 bits per heavy atom. The van der Waals surface area contributed by atoms with Crippen molar-refractivity contribution in [2.75, 3.05) is 13.1 Å². The minimum absolute atomic E-state index is 0.000154. The average molecular weight is 356 g/mol. The molecule has 1 amide bonds. The molecule has 1 aromatic rings. The number of benzene rings is 1. The van der Waals surface area contributed by atoms with E-state index in [1.54, 1.807) is 0 Å². The van der Waals surface area contributed by atoms with Gasteiger partial charge < -0.3 is 10.0 Å². The number of hydrogen-bond acceptors (Lipinski definition) is 2. The van der Waals surface area contributed by atoms with Crippen LogP contribution in [0.3, 0.4) is 0 Å². The van der Waals surface area contributed by atoms with Gasteiger partial charge >= 0.3 is 12.1 Å². The summed E-state index contributed by atoms with van der Waals surface area (Å²) in [4.78, 5) is 24.2. The smallest absolute Gasteiger partial charge is 0.394 e. The first-order valence-electron chi connectivity index (χ1n) is 6.15. The normalized spacial score (nSPS) is 22.0. The summed E-state index contributed by atoms with van der Waals surface area (Å²) in [7, 11) is 0. The Kier molecular flexibility index (Phi) is 4.58. The van der Waals surface area contributed by atoms with Crippen LogP contribution >= 0.6 is 23.2 Å². The molecule has 2 atom stereocenters. The number of carboxylic acids is 1.